The van der Waals surface area contributed by atoms with E-state index in [2.05, 4.69) is 74.6 Å². The van der Waals surface area contributed by atoms with Crippen LogP contribution in [0.4, 0.5) is 0 Å². The summed E-state index contributed by atoms with van der Waals surface area (Å²) in [4.78, 5) is 37.9. The first kappa shape index (κ1) is 73.7. The Kier molecular flexibility index (Phi) is 55.7. The summed E-state index contributed by atoms with van der Waals surface area (Å²) in [7, 11) is 1.15. The highest BCUT2D eigenvalue weighted by molar-refractivity contribution is 7.45. The number of rotatable bonds is 59. The van der Waals surface area contributed by atoms with Gasteiger partial charge in [0.05, 0.1) is 27.7 Å². The van der Waals surface area contributed by atoms with Crippen molar-refractivity contribution in [1.82, 2.24) is 0 Å². The van der Waals surface area contributed by atoms with Crippen molar-refractivity contribution in [1.29, 1.82) is 0 Å². The van der Waals surface area contributed by atoms with Gasteiger partial charge in [0.25, 0.3) is 7.82 Å². The van der Waals surface area contributed by atoms with Crippen molar-refractivity contribution in [3.8, 4) is 0 Å². The lowest BCUT2D eigenvalue weighted by molar-refractivity contribution is -0.870. The Hall–Kier alpha value is -2.29. The van der Waals surface area contributed by atoms with E-state index in [1.165, 1.54) is 193 Å². The summed E-state index contributed by atoms with van der Waals surface area (Å²) in [5, 5.41) is 0. The smallest absolute Gasteiger partial charge is 0.306 e. The van der Waals surface area contributed by atoms with E-state index < -0.39 is 26.5 Å². The Labute approximate surface area is 470 Å². The number of likely N-dealkylation sites (N-methyl/N-ethyl adjacent to an activating group) is 1. The van der Waals surface area contributed by atoms with Crippen molar-refractivity contribution in [3.63, 3.8) is 0 Å². The number of quaternary nitrogens is 1. The number of phosphoric ester groups is 1. The van der Waals surface area contributed by atoms with Gasteiger partial charge in [0.1, 0.15) is 19.8 Å². The molecule has 0 N–H and O–H groups in total. The van der Waals surface area contributed by atoms with E-state index in [1.807, 2.05) is 21.1 Å². The van der Waals surface area contributed by atoms with E-state index in [9.17, 15) is 19.0 Å². The zero-order valence-corrected chi connectivity index (χ0v) is 51.3. The fraction of sp³-hybridized carbons (Fsp3) is 0.818. The van der Waals surface area contributed by atoms with Crippen LogP contribution in [0.5, 0.6) is 0 Å². The van der Waals surface area contributed by atoms with Crippen LogP contribution in [0.3, 0.4) is 0 Å². The molecular weight excluding hydrogens is 966 g/mol. The Morgan fingerprint density at radius 1 is 0.421 bits per heavy atom. The average Bonchev–Trinajstić information content (AvgIpc) is 3.38. The van der Waals surface area contributed by atoms with E-state index >= 15 is 0 Å². The van der Waals surface area contributed by atoms with Crippen molar-refractivity contribution < 1.29 is 42.1 Å². The van der Waals surface area contributed by atoms with Crippen LogP contribution in [0, 0.1) is 0 Å². The second-order valence-electron chi connectivity index (χ2n) is 22.8. The lowest BCUT2D eigenvalue weighted by Crippen LogP contribution is -2.37. The second-order valence-corrected chi connectivity index (χ2v) is 24.2. The van der Waals surface area contributed by atoms with Crippen molar-refractivity contribution in [2.45, 2.75) is 302 Å². The number of allylic oxidation sites excluding steroid dienone is 10. The Morgan fingerprint density at radius 3 is 1.12 bits per heavy atom. The molecule has 2 unspecified atom stereocenters. The van der Waals surface area contributed by atoms with Gasteiger partial charge in [0.15, 0.2) is 6.10 Å². The van der Waals surface area contributed by atoms with Crippen molar-refractivity contribution >= 4 is 19.8 Å². The molecule has 0 aliphatic heterocycles. The molecule has 10 heteroatoms. The molecule has 0 bridgehead atoms. The maximum atomic E-state index is 12.8. The summed E-state index contributed by atoms with van der Waals surface area (Å²) in [5.74, 6) is -0.862. The molecule has 0 spiro atoms. The minimum atomic E-state index is -4.65. The summed E-state index contributed by atoms with van der Waals surface area (Å²) < 4.78 is 34.2. The Balaban J connectivity index is 4.02. The molecule has 0 fully saturated rings. The van der Waals surface area contributed by atoms with Crippen LogP contribution in [0.2, 0.25) is 0 Å². The molecule has 9 nitrogen and oxygen atoms in total. The van der Waals surface area contributed by atoms with Crippen LogP contribution in [0.25, 0.3) is 0 Å². The van der Waals surface area contributed by atoms with Gasteiger partial charge in [-0.25, -0.2) is 0 Å². The number of hydrogen-bond acceptors (Lipinski definition) is 8. The molecule has 0 heterocycles. The van der Waals surface area contributed by atoms with Gasteiger partial charge in [-0.05, 0) is 57.8 Å². The molecule has 0 saturated carbocycles. The van der Waals surface area contributed by atoms with Crippen LogP contribution >= 0.6 is 7.82 Å². The summed E-state index contributed by atoms with van der Waals surface area (Å²) >= 11 is 0. The van der Waals surface area contributed by atoms with Crippen LogP contribution in [-0.2, 0) is 32.7 Å². The van der Waals surface area contributed by atoms with Gasteiger partial charge in [-0.2, -0.15) is 0 Å². The van der Waals surface area contributed by atoms with Crippen molar-refractivity contribution in [3.05, 3.63) is 60.8 Å². The fourth-order valence-electron chi connectivity index (χ4n) is 9.16. The molecule has 0 aromatic carbocycles. The molecule has 2 atom stereocenters. The van der Waals surface area contributed by atoms with Crippen LogP contribution in [0.1, 0.15) is 296 Å². The third-order valence-electron chi connectivity index (χ3n) is 14.1. The quantitative estimate of drug-likeness (QED) is 0.0195. The number of hydrogen-bond donors (Lipinski definition) is 0. The standard InChI is InChI=1S/C66H122NO8P/c1-6-8-10-12-14-16-18-20-22-24-26-27-28-29-30-31-32-33-34-35-36-37-38-39-41-42-44-46-48-50-52-54-56-58-65(68)72-62-64(63-74-76(70,71)73-61-60-67(3,4)5)75-66(69)59-57-55-53-51-49-47-45-43-40-25-23-21-19-17-15-13-11-9-7-2/h9,11,15,17,21,23,40,43,47,49,64H,6-8,10,12-14,16,18-20,22,24-39,41-42,44-46,48,50-63H2,1-5H3/b11-9-,17-15-,23-21-,43-40-,49-47-. The monoisotopic (exact) mass is 1090 g/mol. The summed E-state index contributed by atoms with van der Waals surface area (Å²) in [6.07, 6.45) is 74.5. The highest BCUT2D eigenvalue weighted by atomic mass is 31.2. The van der Waals surface area contributed by atoms with Crippen LogP contribution < -0.4 is 4.89 Å². The van der Waals surface area contributed by atoms with Gasteiger partial charge < -0.3 is 27.9 Å². The van der Waals surface area contributed by atoms with Gasteiger partial charge in [0, 0.05) is 12.8 Å². The zero-order valence-electron chi connectivity index (χ0n) is 50.5. The molecule has 0 aliphatic carbocycles. The number of phosphoric acid groups is 1. The third kappa shape index (κ3) is 60.9. The molecule has 0 rings (SSSR count). The van der Waals surface area contributed by atoms with Crippen molar-refractivity contribution in [2.24, 2.45) is 0 Å². The molecule has 444 valence electrons. The summed E-state index contributed by atoms with van der Waals surface area (Å²) in [6, 6.07) is 0. The Bertz CT molecular complexity index is 1470. The van der Waals surface area contributed by atoms with Gasteiger partial charge in [-0.15, -0.1) is 0 Å². The van der Waals surface area contributed by atoms with E-state index in [0.717, 1.165) is 70.6 Å². The predicted molar refractivity (Wildman–Crippen MR) is 323 cm³/mol. The fourth-order valence-corrected chi connectivity index (χ4v) is 9.89. The largest absolute Gasteiger partial charge is 0.756 e. The first-order valence-corrected chi connectivity index (χ1v) is 33.5. The number of nitrogens with zero attached hydrogens (tertiary/aromatic N) is 1. The normalized spacial score (nSPS) is 13.6. The van der Waals surface area contributed by atoms with E-state index in [1.54, 1.807) is 0 Å². The molecule has 0 radical (unpaired) electrons. The molecule has 0 aliphatic rings. The molecule has 76 heavy (non-hydrogen) atoms. The van der Waals surface area contributed by atoms with Gasteiger partial charge >= 0.3 is 11.9 Å². The van der Waals surface area contributed by atoms with Crippen LogP contribution in [0.15, 0.2) is 60.8 Å². The molecule has 0 saturated heterocycles. The maximum absolute atomic E-state index is 12.8. The second kappa shape index (κ2) is 57.4. The SMILES string of the molecule is CC/C=C\C/C=C\C/C=C\C/C=C\C/C=C\CCCCCC(=O)OC(COC(=O)CCCCCCCCCCCCCCCCCCCCCCCCCCCCCCCCCCC)COP(=O)([O-])OCC[N+](C)(C)C. The highest BCUT2D eigenvalue weighted by Crippen LogP contribution is 2.38. The lowest BCUT2D eigenvalue weighted by Gasteiger charge is -2.28. The van der Waals surface area contributed by atoms with Gasteiger partial charge in [-0.1, -0.05) is 286 Å². The predicted octanol–water partition coefficient (Wildman–Crippen LogP) is 19.6. The topological polar surface area (TPSA) is 111 Å². The number of ether oxygens (including phenoxy) is 2. The molecule has 0 aromatic rings. The molecule has 0 amide bonds. The zero-order chi connectivity index (χ0) is 55.6. The average molecular weight is 1090 g/mol. The third-order valence-corrected chi connectivity index (χ3v) is 15.0. The number of esters is 2. The van der Waals surface area contributed by atoms with E-state index in [0.29, 0.717) is 17.4 Å². The summed E-state index contributed by atoms with van der Waals surface area (Å²) in [6.45, 7) is 4.12. The van der Waals surface area contributed by atoms with Gasteiger partial charge in [0.2, 0.25) is 0 Å². The first-order valence-electron chi connectivity index (χ1n) is 32.0. The lowest BCUT2D eigenvalue weighted by atomic mass is 10.0. The summed E-state index contributed by atoms with van der Waals surface area (Å²) in [5.41, 5.74) is 0. The Morgan fingerprint density at radius 2 is 0.750 bits per heavy atom. The maximum Gasteiger partial charge on any atom is 0.306 e. The first-order chi connectivity index (χ1) is 37.0. The highest BCUT2D eigenvalue weighted by Gasteiger charge is 2.22. The minimum Gasteiger partial charge on any atom is -0.756 e. The molecular formula is C66H122NO8P. The number of unbranched alkanes of at least 4 members (excludes halogenated alkanes) is 35. The van der Waals surface area contributed by atoms with E-state index in [4.69, 9.17) is 18.5 Å². The van der Waals surface area contributed by atoms with Crippen molar-refractivity contribution in [2.75, 3.05) is 47.5 Å². The minimum absolute atomic E-state index is 0.0386. The van der Waals surface area contributed by atoms with Gasteiger partial charge in [-0.3, -0.25) is 14.2 Å². The number of carbonyl (C=O) groups is 2. The van der Waals surface area contributed by atoms with E-state index in [-0.39, 0.29) is 32.0 Å². The van der Waals surface area contributed by atoms with Crippen LogP contribution in [-0.4, -0.2) is 70.0 Å². The molecule has 0 aromatic heterocycles. The number of carbonyl (C=O) groups excluding carboxylic acids is 2.